The summed E-state index contributed by atoms with van der Waals surface area (Å²) in [7, 11) is 0. The number of unbranched alkanes of at least 4 members (excludes halogenated alkanes) is 4. The third kappa shape index (κ3) is 19.7. The van der Waals surface area contributed by atoms with Crippen molar-refractivity contribution >= 4 is 79.6 Å². The van der Waals surface area contributed by atoms with Crippen LogP contribution in [0.1, 0.15) is 206 Å². The van der Waals surface area contributed by atoms with Gasteiger partial charge < -0.3 is 25.3 Å². The van der Waals surface area contributed by atoms with E-state index in [1.807, 2.05) is 19.1 Å². The summed E-state index contributed by atoms with van der Waals surface area (Å²) in [6.07, 6.45) is 25.9. The van der Waals surface area contributed by atoms with Crippen LogP contribution in [0.3, 0.4) is 0 Å². The minimum atomic E-state index is -0.998. The smallest absolute Gasteiger partial charge is 0.314 e. The molecule has 0 spiro atoms. The van der Waals surface area contributed by atoms with E-state index < -0.39 is 12.2 Å². The fraction of sp³-hybridized carbons (Fsp3) is 0.351. The van der Waals surface area contributed by atoms with Gasteiger partial charge in [-0.05, 0) is 230 Å². The topological polar surface area (TPSA) is 121 Å². The lowest BCUT2D eigenvalue weighted by molar-refractivity contribution is -0.527. The first-order valence-corrected chi connectivity index (χ1v) is 40.1. The van der Waals surface area contributed by atoms with E-state index in [0.717, 1.165) is 158 Å². The quantitative estimate of drug-likeness (QED) is 0.0198. The number of fused-ring (bicyclic) bond motifs is 2. The van der Waals surface area contributed by atoms with Gasteiger partial charge in [0, 0.05) is 106 Å². The zero-order chi connectivity index (χ0) is 79.5. The number of allylic oxidation sites excluding steroid dienone is 11. The Morgan fingerprint density at radius 2 is 1.01 bits per heavy atom. The van der Waals surface area contributed by atoms with Gasteiger partial charge in [0.05, 0.1) is 36.9 Å². The van der Waals surface area contributed by atoms with Crippen molar-refractivity contribution in [3.63, 3.8) is 0 Å². The molecule has 0 radical (unpaired) electrons. The average molecular weight is 1510 g/mol. The predicted octanol–water partition coefficient (Wildman–Crippen LogP) is 24.9. The number of aryl methyl sites for hydroxylation is 2. The van der Waals surface area contributed by atoms with Crippen LogP contribution >= 0.6 is 23.2 Å². The molecular formula is C97H105Cl2N12+. The monoisotopic (exact) mass is 1510 g/mol. The highest BCUT2D eigenvalue weighted by Gasteiger charge is 2.40. The lowest BCUT2D eigenvalue weighted by atomic mass is 9.79. The number of anilines is 5. The van der Waals surface area contributed by atoms with E-state index >= 15 is 0 Å². The van der Waals surface area contributed by atoms with E-state index in [-0.39, 0.29) is 34.3 Å². The Balaban J connectivity index is 1.00. The van der Waals surface area contributed by atoms with Gasteiger partial charge in [-0.25, -0.2) is 31.4 Å². The third-order valence-corrected chi connectivity index (χ3v) is 22.6. The third-order valence-electron chi connectivity index (χ3n) is 22.1. The summed E-state index contributed by atoms with van der Waals surface area (Å²) >= 11 is 12.5. The molecule has 4 atom stereocenters. The number of benzene rings is 7. The molecule has 4 unspecified atom stereocenters. The van der Waals surface area contributed by atoms with Crippen LogP contribution in [0.4, 0.5) is 28.4 Å². The van der Waals surface area contributed by atoms with E-state index in [9.17, 15) is 15.8 Å². The highest BCUT2D eigenvalue weighted by molar-refractivity contribution is 6.31. The number of rotatable bonds is 30. The molecule has 2 aliphatic heterocycles. The van der Waals surface area contributed by atoms with Gasteiger partial charge in [-0.3, -0.25) is 4.85 Å². The van der Waals surface area contributed by atoms with Gasteiger partial charge in [-0.2, -0.15) is 5.26 Å². The van der Waals surface area contributed by atoms with Gasteiger partial charge >= 0.3 is 6.17 Å². The van der Waals surface area contributed by atoms with Crippen molar-refractivity contribution in [2.24, 2.45) is 0 Å². The summed E-state index contributed by atoms with van der Waals surface area (Å²) in [6, 6.07) is 55.6. The summed E-state index contributed by atoms with van der Waals surface area (Å²) in [6.45, 7) is 56.6. The molecule has 0 fully saturated rings. The van der Waals surface area contributed by atoms with E-state index in [2.05, 4.69) is 266 Å². The number of hydrogen-bond acceptors (Lipinski definition) is 8. The van der Waals surface area contributed by atoms with E-state index in [4.69, 9.17) is 42.9 Å². The number of hydrogen-bond donors (Lipinski definition) is 2. The van der Waals surface area contributed by atoms with Gasteiger partial charge in [0.1, 0.15) is 19.1 Å². The summed E-state index contributed by atoms with van der Waals surface area (Å²) in [5, 5.41) is 38.9. The van der Waals surface area contributed by atoms with Gasteiger partial charge in [-0.15, -0.1) is 0 Å². The summed E-state index contributed by atoms with van der Waals surface area (Å²) in [5.41, 5.74) is 20.7. The first-order valence-electron chi connectivity index (χ1n) is 39.4. The molecule has 0 amide bonds. The van der Waals surface area contributed by atoms with Gasteiger partial charge in [0.25, 0.3) is 11.4 Å². The maximum Gasteiger partial charge on any atom is 0.314 e. The summed E-state index contributed by atoms with van der Waals surface area (Å²) in [5.74, 6) is 0.401. The summed E-state index contributed by atoms with van der Waals surface area (Å²) in [4.78, 5) is 18.7. The second-order valence-electron chi connectivity index (χ2n) is 31.1. The van der Waals surface area contributed by atoms with Gasteiger partial charge in [0.15, 0.2) is 5.71 Å². The van der Waals surface area contributed by atoms with Crippen molar-refractivity contribution in [2.75, 3.05) is 51.5 Å². The first kappa shape index (κ1) is 82.4. The molecule has 2 N–H and O–H groups in total. The summed E-state index contributed by atoms with van der Waals surface area (Å²) < 4.78 is 2.55. The Kier molecular flexibility index (Phi) is 28.2. The van der Waals surface area contributed by atoms with Crippen LogP contribution in [0.5, 0.6) is 0 Å². The van der Waals surface area contributed by atoms with Crippen molar-refractivity contribution in [3.05, 3.63) is 311 Å². The molecule has 7 aromatic rings. The molecule has 10 rings (SSSR count). The fourth-order valence-electron chi connectivity index (χ4n) is 16.0. The lowest BCUT2D eigenvalue weighted by Crippen LogP contribution is -2.47. The second-order valence-corrected chi connectivity index (χ2v) is 31.9. The van der Waals surface area contributed by atoms with Crippen LogP contribution in [-0.2, 0) is 13.1 Å². The van der Waals surface area contributed by atoms with Crippen LogP contribution in [0.15, 0.2) is 205 Å². The number of nitriles is 3. The van der Waals surface area contributed by atoms with Crippen LogP contribution in [0, 0.1) is 67.6 Å². The van der Waals surface area contributed by atoms with Gasteiger partial charge in [-0.1, -0.05) is 194 Å². The van der Waals surface area contributed by atoms with Crippen LogP contribution < -0.4 is 25.3 Å². The van der Waals surface area contributed by atoms with Crippen molar-refractivity contribution < 1.29 is 4.58 Å². The Bertz CT molecular complexity index is 4970. The minimum Gasteiger partial charge on any atom is -0.372 e. The minimum absolute atomic E-state index is 0.140. The van der Waals surface area contributed by atoms with Crippen LogP contribution in [-0.4, -0.2) is 59.8 Å². The van der Waals surface area contributed by atoms with Crippen molar-refractivity contribution in [3.8, 4) is 18.2 Å². The largest absolute Gasteiger partial charge is 0.372 e. The molecular weight excluding hydrogens is 1400 g/mol. The molecule has 12 nitrogen and oxygen atoms in total. The van der Waals surface area contributed by atoms with Crippen molar-refractivity contribution in [1.82, 2.24) is 0 Å². The Hall–Kier alpha value is -11.1. The molecule has 0 saturated heterocycles. The molecule has 0 bridgehead atoms. The molecule has 0 saturated carbocycles. The first-order chi connectivity index (χ1) is 53.5. The second kappa shape index (κ2) is 38.0. The molecule has 14 heteroatoms. The molecule has 0 aromatic heterocycles. The highest BCUT2D eigenvalue weighted by Crippen LogP contribution is 2.49. The molecule has 1 aliphatic carbocycles. The Morgan fingerprint density at radius 3 is 1.45 bits per heavy atom. The Labute approximate surface area is 671 Å². The van der Waals surface area contributed by atoms with E-state index in [0.29, 0.717) is 45.4 Å². The molecule has 111 heavy (non-hydrogen) atoms. The predicted molar refractivity (Wildman–Crippen MR) is 465 cm³/mol. The average Bonchev–Trinajstić information content (AvgIpc) is 0.756. The molecule has 3 aliphatic rings. The lowest BCUT2D eigenvalue weighted by Gasteiger charge is -2.48. The fourth-order valence-corrected chi connectivity index (χ4v) is 16.2. The van der Waals surface area contributed by atoms with Crippen molar-refractivity contribution in [2.45, 2.75) is 196 Å². The number of nitrogens with one attached hydrogen (secondary N) is 2. The zero-order valence-corrected chi connectivity index (χ0v) is 68.3. The SMILES string of the molecule is [C-]#[N+]C(C#N)=C(c1ccc(Cl)cc1)C(C#N)Nc1cc2c(cc1C)N(Cc1ccc(C(=CC=CC(=C3C=CC(=[N+](CCCC)CCCC)C=C3)c3ccc(CN4c5cc(C)c(NC([N+]#[C-])C(=C(C#N)[N+]#[C-])c6ccc(Cl)cc6)cc5C(C)CC4(C)C)cc3)c3ccc(N(CCCC)CCCC)cc3)cc1)C(C)(C)CC2C. The maximum atomic E-state index is 10.7. The maximum absolute atomic E-state index is 10.7. The number of nitrogens with zero attached hydrogens (tertiary/aromatic N) is 10. The highest BCUT2D eigenvalue weighted by atomic mass is 35.5. The van der Waals surface area contributed by atoms with E-state index in [1.165, 1.54) is 33.7 Å². The van der Waals surface area contributed by atoms with Crippen molar-refractivity contribution in [1.29, 1.82) is 15.8 Å². The molecule has 566 valence electrons. The van der Waals surface area contributed by atoms with Gasteiger partial charge in [0.2, 0.25) is 0 Å². The van der Waals surface area contributed by atoms with Crippen LogP contribution in [0.25, 0.3) is 36.8 Å². The molecule has 7 aromatic carbocycles. The number of halogens is 2. The zero-order valence-electron chi connectivity index (χ0n) is 66.7. The standard InChI is InChI=1S/C97H105Cl2N12/c1-16-20-51-108(52-21-17-2)80-47-39-74(40-48-80)82(72-31-27-70(28-32-72)64-110-91-55-66(5)86(57-84(91)68(7)59-96(110,9)10)106-90(63-102)93(88(61-100)103-13)76-35-43-78(98)44-36-76)25-24-26-83(75-41-49-81(50-42-75)109(53-22-18-3)54-23-19-4)73-33-29-71(30-34-73)65-111-92-56-67(6)87(58-85(92)69(8)60-97(111,11)12)107-95(105-15)94(89(62-101)104-14)77-37-45-79(99)46-38-77/h24-50,55-58,68-69,90,95,106-107H,16-23,51-54,59-60,64-65H2,1-12H3/q+1. The molecule has 2 heterocycles. The normalized spacial score (nSPS) is 16.5. The van der Waals surface area contributed by atoms with E-state index in [1.54, 1.807) is 48.5 Å². The Morgan fingerprint density at radius 1 is 0.577 bits per heavy atom. The van der Waals surface area contributed by atoms with Crippen LogP contribution in [0.2, 0.25) is 10.0 Å².